The number of ether oxygens (including phenoxy) is 2. The molecule has 6 nitrogen and oxygen atoms in total. The quantitative estimate of drug-likeness (QED) is 0.363. The highest BCUT2D eigenvalue weighted by atomic mass is 35.5. The molecule has 0 unspecified atom stereocenters. The molecule has 0 fully saturated rings. The van der Waals surface area contributed by atoms with Crippen LogP contribution in [0.25, 0.3) is 0 Å². The Morgan fingerprint density at radius 2 is 1.18 bits per heavy atom. The Morgan fingerprint density at radius 1 is 0.706 bits per heavy atom. The minimum absolute atomic E-state index is 0.0774. The molecule has 0 N–H and O–H groups in total. The Morgan fingerprint density at radius 3 is 1.71 bits per heavy atom. The Labute approximate surface area is 205 Å². The molecule has 3 aromatic carbocycles. The van der Waals surface area contributed by atoms with Crippen LogP contribution in [0.3, 0.4) is 0 Å². The maximum atomic E-state index is 13.3. The van der Waals surface area contributed by atoms with Crippen molar-refractivity contribution in [2.75, 3.05) is 0 Å². The minimum Gasteiger partial charge on any atom is -0.443 e. The first-order valence-electron chi connectivity index (χ1n) is 11.0. The molecule has 7 heteroatoms. The zero-order valence-corrected chi connectivity index (χ0v) is 20.4. The van der Waals surface area contributed by atoms with Gasteiger partial charge in [-0.2, -0.15) is 0 Å². The van der Waals surface area contributed by atoms with E-state index < -0.39 is 17.8 Å². The molecule has 178 valence electrons. The van der Waals surface area contributed by atoms with E-state index >= 15 is 0 Å². The average molecular weight is 481 g/mol. The number of carbonyl (C=O) groups is 2. The molecule has 34 heavy (non-hydrogen) atoms. The van der Waals surface area contributed by atoms with Crippen LogP contribution in [0, 0.1) is 0 Å². The van der Waals surface area contributed by atoms with Crippen molar-refractivity contribution in [3.8, 4) is 0 Å². The Hall–Kier alpha value is -3.51. The number of halogens is 1. The molecule has 2 amide bonds. The van der Waals surface area contributed by atoms with Crippen LogP contribution < -0.4 is 0 Å². The lowest BCUT2D eigenvalue weighted by Crippen LogP contribution is -2.50. The highest BCUT2D eigenvalue weighted by Gasteiger charge is 2.31. The van der Waals surface area contributed by atoms with Crippen LogP contribution >= 0.6 is 11.6 Å². The number of carbonyl (C=O) groups excluding carboxylic acids is 2. The fourth-order valence-corrected chi connectivity index (χ4v) is 3.25. The van der Waals surface area contributed by atoms with E-state index in [4.69, 9.17) is 21.1 Å². The molecular formula is C27H29ClN2O4. The predicted molar refractivity (Wildman–Crippen MR) is 132 cm³/mol. The van der Waals surface area contributed by atoms with Gasteiger partial charge < -0.3 is 9.47 Å². The topological polar surface area (TPSA) is 59.1 Å². The van der Waals surface area contributed by atoms with Crippen molar-refractivity contribution in [2.24, 2.45) is 0 Å². The zero-order valence-electron chi connectivity index (χ0n) is 19.6. The van der Waals surface area contributed by atoms with E-state index in [2.05, 4.69) is 0 Å². The molecule has 0 saturated carbocycles. The lowest BCUT2D eigenvalue weighted by molar-refractivity contribution is -0.0560. The molecule has 0 bridgehead atoms. The van der Waals surface area contributed by atoms with Crippen molar-refractivity contribution in [2.45, 2.75) is 46.1 Å². The summed E-state index contributed by atoms with van der Waals surface area (Å²) in [5, 5.41) is 3.13. The summed E-state index contributed by atoms with van der Waals surface area (Å²) < 4.78 is 11.2. The smallest absolute Gasteiger partial charge is 0.429 e. The Kier molecular flexibility index (Phi) is 8.55. The number of nitrogens with zero attached hydrogens (tertiary/aromatic N) is 2. The van der Waals surface area contributed by atoms with Crippen molar-refractivity contribution >= 4 is 23.8 Å². The summed E-state index contributed by atoms with van der Waals surface area (Å²) in [6, 6.07) is 25.9. The molecule has 0 aliphatic carbocycles. The molecule has 0 aliphatic heterocycles. The SMILES string of the molecule is CC(C)(C)OC(=O)N(Cc1ccc(Cl)cc1)N(Cc1ccccc1)C(=O)OCc1ccccc1. The fraction of sp³-hybridized carbons (Fsp3) is 0.259. The van der Waals surface area contributed by atoms with Gasteiger partial charge in [-0.05, 0) is 49.6 Å². The van der Waals surface area contributed by atoms with Crippen LogP contribution in [0.2, 0.25) is 5.02 Å². The van der Waals surface area contributed by atoms with Crippen LogP contribution in [-0.4, -0.2) is 27.8 Å². The largest absolute Gasteiger partial charge is 0.443 e. The van der Waals surface area contributed by atoms with E-state index in [1.807, 2.05) is 60.7 Å². The van der Waals surface area contributed by atoms with E-state index in [0.717, 1.165) is 16.7 Å². The van der Waals surface area contributed by atoms with E-state index in [1.165, 1.54) is 10.0 Å². The van der Waals surface area contributed by atoms with Crippen molar-refractivity contribution in [1.29, 1.82) is 0 Å². The second-order valence-corrected chi connectivity index (χ2v) is 9.18. The fourth-order valence-electron chi connectivity index (χ4n) is 3.12. The molecule has 0 atom stereocenters. The van der Waals surface area contributed by atoms with Crippen molar-refractivity contribution in [3.05, 3.63) is 107 Å². The minimum atomic E-state index is -0.748. The van der Waals surface area contributed by atoms with Crippen LogP contribution in [0.5, 0.6) is 0 Å². The molecular weight excluding hydrogens is 452 g/mol. The van der Waals surface area contributed by atoms with Gasteiger partial charge in [-0.15, -0.1) is 0 Å². The zero-order chi connectivity index (χ0) is 24.6. The highest BCUT2D eigenvalue weighted by Crippen LogP contribution is 2.20. The average Bonchev–Trinajstić information content (AvgIpc) is 2.81. The van der Waals surface area contributed by atoms with Gasteiger partial charge in [0.1, 0.15) is 12.2 Å². The van der Waals surface area contributed by atoms with Crippen LogP contribution in [-0.2, 0) is 29.2 Å². The third-order valence-corrected chi connectivity index (χ3v) is 4.98. The summed E-state index contributed by atoms with van der Waals surface area (Å²) in [5.74, 6) is 0. The number of hydrogen-bond donors (Lipinski definition) is 0. The second-order valence-electron chi connectivity index (χ2n) is 8.75. The second kappa shape index (κ2) is 11.6. The maximum Gasteiger partial charge on any atom is 0.429 e. The molecule has 3 aromatic rings. The van der Waals surface area contributed by atoms with Crippen molar-refractivity contribution in [1.82, 2.24) is 10.0 Å². The third kappa shape index (κ3) is 7.81. The van der Waals surface area contributed by atoms with Gasteiger partial charge >= 0.3 is 12.2 Å². The third-order valence-electron chi connectivity index (χ3n) is 4.73. The number of hydrazine groups is 1. The van der Waals surface area contributed by atoms with Crippen molar-refractivity contribution in [3.63, 3.8) is 0 Å². The van der Waals surface area contributed by atoms with E-state index in [1.54, 1.807) is 45.0 Å². The highest BCUT2D eigenvalue weighted by molar-refractivity contribution is 6.30. The summed E-state index contributed by atoms with van der Waals surface area (Å²) in [6.07, 6.45) is -1.32. The molecule has 3 rings (SSSR count). The van der Waals surface area contributed by atoms with Gasteiger partial charge in [0.25, 0.3) is 0 Å². The van der Waals surface area contributed by atoms with E-state index in [-0.39, 0.29) is 19.7 Å². The Balaban J connectivity index is 1.91. The molecule has 0 heterocycles. The summed E-state index contributed by atoms with van der Waals surface area (Å²) >= 11 is 6.03. The van der Waals surface area contributed by atoms with Gasteiger partial charge in [-0.3, -0.25) is 0 Å². The molecule has 0 saturated heterocycles. The molecule has 0 aromatic heterocycles. The van der Waals surface area contributed by atoms with Gasteiger partial charge in [0.15, 0.2) is 0 Å². The standard InChI is InChI=1S/C27H29ClN2O4/c1-27(2,3)34-26(32)30(19-22-14-16-24(28)17-15-22)29(18-21-10-6-4-7-11-21)25(31)33-20-23-12-8-5-9-13-23/h4-17H,18-20H2,1-3H3. The lowest BCUT2D eigenvalue weighted by atomic mass is 10.2. The van der Waals surface area contributed by atoms with Crippen LogP contribution in [0.1, 0.15) is 37.5 Å². The molecule has 0 spiro atoms. The summed E-state index contributed by atoms with van der Waals surface area (Å²) in [5.41, 5.74) is 1.71. The van der Waals surface area contributed by atoms with Gasteiger partial charge in [-0.1, -0.05) is 84.4 Å². The summed E-state index contributed by atoms with van der Waals surface area (Å²) in [6.45, 7) is 5.64. The Bertz CT molecular complexity index is 1070. The van der Waals surface area contributed by atoms with E-state index in [9.17, 15) is 9.59 Å². The van der Waals surface area contributed by atoms with Gasteiger partial charge in [-0.25, -0.2) is 19.6 Å². The van der Waals surface area contributed by atoms with Crippen molar-refractivity contribution < 1.29 is 19.1 Å². The normalized spacial score (nSPS) is 10.9. The first-order valence-corrected chi connectivity index (χ1v) is 11.4. The number of hydrogen-bond acceptors (Lipinski definition) is 4. The molecule has 0 radical (unpaired) electrons. The maximum absolute atomic E-state index is 13.3. The summed E-state index contributed by atoms with van der Waals surface area (Å²) in [7, 11) is 0. The van der Waals surface area contributed by atoms with E-state index in [0.29, 0.717) is 5.02 Å². The van der Waals surface area contributed by atoms with Gasteiger partial charge in [0.05, 0.1) is 13.1 Å². The number of amides is 2. The van der Waals surface area contributed by atoms with Gasteiger partial charge in [0, 0.05) is 5.02 Å². The van der Waals surface area contributed by atoms with Gasteiger partial charge in [0.2, 0.25) is 0 Å². The first-order chi connectivity index (χ1) is 16.2. The lowest BCUT2D eigenvalue weighted by Gasteiger charge is -2.35. The predicted octanol–water partition coefficient (Wildman–Crippen LogP) is 6.83. The van der Waals surface area contributed by atoms with Crippen LogP contribution in [0.4, 0.5) is 9.59 Å². The number of benzene rings is 3. The summed E-state index contributed by atoms with van der Waals surface area (Å²) in [4.78, 5) is 26.6. The first kappa shape index (κ1) is 25.1. The van der Waals surface area contributed by atoms with Crippen LogP contribution in [0.15, 0.2) is 84.9 Å². The monoisotopic (exact) mass is 480 g/mol. The molecule has 0 aliphatic rings. The number of rotatable bonds is 6.